The van der Waals surface area contributed by atoms with Gasteiger partial charge in [-0.1, -0.05) is 25.1 Å². The average Bonchev–Trinajstić information content (AvgIpc) is 3.23. The summed E-state index contributed by atoms with van der Waals surface area (Å²) >= 11 is 0. The molecule has 1 aromatic carbocycles. The van der Waals surface area contributed by atoms with Gasteiger partial charge in [-0.3, -0.25) is 4.90 Å². The third-order valence-electron chi connectivity index (χ3n) is 6.48. The van der Waals surface area contributed by atoms with Gasteiger partial charge in [-0.15, -0.1) is 0 Å². The summed E-state index contributed by atoms with van der Waals surface area (Å²) in [6.07, 6.45) is 3.78. The van der Waals surface area contributed by atoms with Crippen LogP contribution in [0.25, 0.3) is 0 Å². The summed E-state index contributed by atoms with van der Waals surface area (Å²) in [6.45, 7) is 9.44. The van der Waals surface area contributed by atoms with E-state index in [1.807, 2.05) is 6.07 Å². The average molecular weight is 378 g/mol. The molecule has 0 unspecified atom stereocenters. The largest absolute Gasteiger partial charge is 0.303 e. The molecular formula is C20H31N3O2S. The molecule has 3 aliphatic heterocycles. The molecule has 0 radical (unpaired) electrons. The fraction of sp³-hybridized carbons (Fsp3) is 0.700. The van der Waals surface area contributed by atoms with Crippen molar-refractivity contribution in [1.29, 1.82) is 0 Å². The van der Waals surface area contributed by atoms with Crippen molar-refractivity contribution in [2.45, 2.75) is 37.1 Å². The van der Waals surface area contributed by atoms with Crippen LogP contribution in [-0.4, -0.2) is 74.4 Å². The van der Waals surface area contributed by atoms with Gasteiger partial charge in [0.05, 0.1) is 4.90 Å². The second kappa shape index (κ2) is 7.58. The van der Waals surface area contributed by atoms with Crippen LogP contribution in [0.1, 0.15) is 26.2 Å². The molecule has 3 saturated heterocycles. The molecule has 0 spiro atoms. The van der Waals surface area contributed by atoms with Crippen molar-refractivity contribution in [3.8, 4) is 0 Å². The highest BCUT2D eigenvalue weighted by molar-refractivity contribution is 7.89. The third kappa shape index (κ3) is 3.57. The Morgan fingerprint density at radius 1 is 0.962 bits per heavy atom. The van der Waals surface area contributed by atoms with Gasteiger partial charge in [-0.05, 0) is 62.9 Å². The Morgan fingerprint density at radius 2 is 1.58 bits per heavy atom. The lowest BCUT2D eigenvalue weighted by Gasteiger charge is -2.37. The van der Waals surface area contributed by atoms with Crippen LogP contribution in [0.4, 0.5) is 0 Å². The maximum absolute atomic E-state index is 12.9. The molecular weight excluding hydrogens is 346 g/mol. The minimum atomic E-state index is -3.33. The number of benzene rings is 1. The Labute approximate surface area is 158 Å². The van der Waals surface area contributed by atoms with E-state index in [4.69, 9.17) is 0 Å². The van der Waals surface area contributed by atoms with Crippen LogP contribution in [0.5, 0.6) is 0 Å². The topological polar surface area (TPSA) is 43.9 Å². The zero-order valence-corrected chi connectivity index (χ0v) is 16.6. The van der Waals surface area contributed by atoms with Gasteiger partial charge in [-0.2, -0.15) is 4.31 Å². The molecule has 0 amide bonds. The minimum Gasteiger partial charge on any atom is -0.303 e. The Balaban J connectivity index is 1.33. The zero-order valence-electron chi connectivity index (χ0n) is 15.8. The number of fused-ring (bicyclic) bond motifs is 1. The number of hydrogen-bond acceptors (Lipinski definition) is 4. The predicted octanol–water partition coefficient (Wildman–Crippen LogP) is 2.11. The van der Waals surface area contributed by atoms with E-state index in [0.717, 1.165) is 13.1 Å². The highest BCUT2D eigenvalue weighted by Crippen LogP contribution is 2.36. The summed E-state index contributed by atoms with van der Waals surface area (Å²) < 4.78 is 27.4. The second-order valence-corrected chi connectivity index (χ2v) is 10.1. The summed E-state index contributed by atoms with van der Waals surface area (Å²) in [5, 5.41) is 0. The first-order chi connectivity index (χ1) is 12.6. The van der Waals surface area contributed by atoms with Crippen molar-refractivity contribution in [3.63, 3.8) is 0 Å². The van der Waals surface area contributed by atoms with E-state index in [9.17, 15) is 8.42 Å². The number of rotatable bonds is 5. The van der Waals surface area contributed by atoms with Gasteiger partial charge in [0.25, 0.3) is 0 Å². The van der Waals surface area contributed by atoms with Crippen molar-refractivity contribution >= 4 is 10.0 Å². The molecule has 0 N–H and O–H groups in total. The van der Waals surface area contributed by atoms with Crippen LogP contribution >= 0.6 is 0 Å². The van der Waals surface area contributed by atoms with E-state index >= 15 is 0 Å². The lowest BCUT2D eigenvalue weighted by atomic mass is 10.0. The molecule has 3 heterocycles. The van der Waals surface area contributed by atoms with Gasteiger partial charge in [0.1, 0.15) is 0 Å². The first-order valence-electron chi connectivity index (χ1n) is 10.1. The lowest BCUT2D eigenvalue weighted by Crippen LogP contribution is -2.45. The van der Waals surface area contributed by atoms with Gasteiger partial charge in [0.15, 0.2) is 0 Å². The van der Waals surface area contributed by atoms with Crippen LogP contribution in [0, 0.1) is 11.8 Å². The van der Waals surface area contributed by atoms with Crippen LogP contribution < -0.4 is 0 Å². The van der Waals surface area contributed by atoms with Crippen LogP contribution in [0.15, 0.2) is 35.2 Å². The Bertz CT molecular complexity index is 687. The fourth-order valence-electron chi connectivity index (χ4n) is 5.05. The molecule has 6 heteroatoms. The monoisotopic (exact) mass is 377 g/mol. The number of piperidine rings is 1. The van der Waals surface area contributed by atoms with E-state index in [2.05, 4.69) is 16.7 Å². The summed E-state index contributed by atoms with van der Waals surface area (Å²) in [6, 6.07) is 9.58. The SMILES string of the molecule is CCCN1CCC(N2C[C@@H]3CN(S(=O)(=O)c4ccccc4)C[C@@H]3C2)CC1. The smallest absolute Gasteiger partial charge is 0.243 e. The molecule has 0 aromatic heterocycles. The highest BCUT2D eigenvalue weighted by Gasteiger charge is 2.45. The summed E-state index contributed by atoms with van der Waals surface area (Å²) in [4.78, 5) is 5.67. The molecule has 0 saturated carbocycles. The van der Waals surface area contributed by atoms with E-state index in [-0.39, 0.29) is 0 Å². The molecule has 2 atom stereocenters. The van der Waals surface area contributed by atoms with E-state index < -0.39 is 10.0 Å². The Morgan fingerprint density at radius 3 is 2.15 bits per heavy atom. The number of hydrogen-bond donors (Lipinski definition) is 0. The predicted molar refractivity (Wildman–Crippen MR) is 104 cm³/mol. The van der Waals surface area contributed by atoms with Crippen molar-refractivity contribution < 1.29 is 8.42 Å². The van der Waals surface area contributed by atoms with Gasteiger partial charge in [0.2, 0.25) is 10.0 Å². The molecule has 0 bridgehead atoms. The molecule has 5 nitrogen and oxygen atoms in total. The fourth-order valence-corrected chi connectivity index (χ4v) is 6.62. The first kappa shape index (κ1) is 18.4. The summed E-state index contributed by atoms with van der Waals surface area (Å²) in [7, 11) is -3.33. The molecule has 4 rings (SSSR count). The van der Waals surface area contributed by atoms with Gasteiger partial charge < -0.3 is 4.90 Å². The standard InChI is InChI=1S/C20H31N3O2S/c1-2-10-21-11-8-19(9-12-21)22-13-17-15-23(16-18(17)14-22)26(24,25)20-6-4-3-5-7-20/h3-7,17-19H,2,8-16H2,1H3/t17-,18+. The normalized spacial score (nSPS) is 29.3. The number of likely N-dealkylation sites (tertiary alicyclic amines) is 2. The van der Waals surface area contributed by atoms with Crippen molar-refractivity contribution in [1.82, 2.24) is 14.1 Å². The van der Waals surface area contributed by atoms with E-state index in [1.54, 1.807) is 28.6 Å². The first-order valence-corrected chi connectivity index (χ1v) is 11.5. The van der Waals surface area contributed by atoms with E-state index in [0.29, 0.717) is 35.9 Å². The molecule has 1 aromatic rings. The van der Waals surface area contributed by atoms with Crippen LogP contribution in [0.2, 0.25) is 0 Å². The van der Waals surface area contributed by atoms with E-state index in [1.165, 1.54) is 38.9 Å². The van der Waals surface area contributed by atoms with Crippen molar-refractivity contribution in [2.75, 3.05) is 45.8 Å². The molecule has 3 aliphatic rings. The zero-order chi connectivity index (χ0) is 18.1. The quantitative estimate of drug-likeness (QED) is 0.788. The van der Waals surface area contributed by atoms with Crippen LogP contribution in [0.3, 0.4) is 0 Å². The Kier molecular flexibility index (Phi) is 5.37. The third-order valence-corrected chi connectivity index (χ3v) is 8.32. The molecule has 0 aliphatic carbocycles. The molecule has 144 valence electrons. The summed E-state index contributed by atoms with van der Waals surface area (Å²) in [5.41, 5.74) is 0. The van der Waals surface area contributed by atoms with Gasteiger partial charge >= 0.3 is 0 Å². The molecule has 26 heavy (non-hydrogen) atoms. The maximum Gasteiger partial charge on any atom is 0.243 e. The van der Waals surface area contributed by atoms with Gasteiger partial charge in [-0.25, -0.2) is 8.42 Å². The highest BCUT2D eigenvalue weighted by atomic mass is 32.2. The van der Waals surface area contributed by atoms with Crippen molar-refractivity contribution in [3.05, 3.63) is 30.3 Å². The maximum atomic E-state index is 12.9. The lowest BCUT2D eigenvalue weighted by molar-refractivity contribution is 0.119. The number of sulfonamides is 1. The second-order valence-electron chi connectivity index (χ2n) is 8.18. The number of nitrogens with zero attached hydrogens (tertiary/aromatic N) is 3. The summed E-state index contributed by atoms with van der Waals surface area (Å²) in [5.74, 6) is 1.00. The molecule has 3 fully saturated rings. The minimum absolute atomic E-state index is 0.431. The van der Waals surface area contributed by atoms with Crippen LogP contribution in [-0.2, 0) is 10.0 Å². The Hall–Kier alpha value is -0.950. The van der Waals surface area contributed by atoms with Gasteiger partial charge in [0, 0.05) is 32.2 Å². The van der Waals surface area contributed by atoms with Crippen molar-refractivity contribution in [2.24, 2.45) is 11.8 Å².